The number of carbonyl (C=O) groups excluding carboxylic acids is 1. The second-order valence-corrected chi connectivity index (χ2v) is 3.44. The molecule has 0 aromatic carbocycles. The van der Waals surface area contributed by atoms with Gasteiger partial charge in [-0.05, 0) is 6.08 Å². The minimum Gasteiger partial charge on any atom is -0.233 e. The molecule has 0 N–H and O–H groups in total. The first-order valence-electron chi connectivity index (χ1n) is 3.86. The maximum Gasteiger partial charge on any atom is 0.167 e. The molecule has 1 aliphatic carbocycles. The fourth-order valence-electron chi connectivity index (χ4n) is 1.22. The Bertz CT molecular complexity index is 476. The van der Waals surface area contributed by atoms with Crippen molar-refractivity contribution in [3.63, 3.8) is 0 Å². The van der Waals surface area contributed by atoms with Crippen molar-refractivity contribution < 1.29 is 4.79 Å². The Morgan fingerprint density at radius 1 is 1.29 bits per heavy atom. The number of allylic oxidation sites excluding steroid dienone is 2. The summed E-state index contributed by atoms with van der Waals surface area (Å²) in [6.07, 6.45) is 4.07. The number of nitrogens with zero attached hydrogens (tertiary/aromatic N) is 2. The second kappa shape index (κ2) is 3.54. The molecule has 0 spiro atoms. The lowest BCUT2D eigenvalue weighted by atomic mass is 10.0. The van der Waals surface area contributed by atoms with Crippen LogP contribution >= 0.6 is 23.2 Å². The number of fused-ring (bicyclic) bond motifs is 1. The summed E-state index contributed by atoms with van der Waals surface area (Å²) in [5, 5.41) is 0.246. The van der Waals surface area contributed by atoms with Crippen LogP contribution in [0, 0.1) is 0 Å². The monoisotopic (exact) mass is 226 g/mol. The number of hydrogen-bond donors (Lipinski definition) is 0. The Hall–Kier alpha value is -1.15. The lowest BCUT2D eigenvalue weighted by Crippen LogP contribution is -2.01. The Balaban J connectivity index is 2.71. The van der Waals surface area contributed by atoms with Gasteiger partial charge in [-0.2, -0.15) is 0 Å². The van der Waals surface area contributed by atoms with Gasteiger partial charge in [0.2, 0.25) is 0 Å². The lowest BCUT2D eigenvalue weighted by molar-refractivity contribution is 0.569. The van der Waals surface area contributed by atoms with E-state index in [1.165, 1.54) is 0 Å². The highest BCUT2D eigenvalue weighted by Gasteiger charge is 2.16. The topological polar surface area (TPSA) is 42.9 Å². The van der Waals surface area contributed by atoms with Crippen LogP contribution in [0.4, 0.5) is 0 Å². The van der Waals surface area contributed by atoms with Crippen molar-refractivity contribution in [2.45, 2.75) is 6.42 Å². The molecule has 0 saturated heterocycles. The van der Waals surface area contributed by atoms with Gasteiger partial charge in [0, 0.05) is 6.42 Å². The van der Waals surface area contributed by atoms with Crippen LogP contribution in [-0.4, -0.2) is 15.9 Å². The molecule has 1 heterocycles. The average Bonchev–Trinajstić information content (AvgIpc) is 2.19. The van der Waals surface area contributed by atoms with Gasteiger partial charge in [-0.1, -0.05) is 29.3 Å². The molecule has 1 aliphatic rings. The maximum absolute atomic E-state index is 10.6. The Kier molecular flexibility index (Phi) is 2.38. The van der Waals surface area contributed by atoms with E-state index in [2.05, 4.69) is 9.97 Å². The number of rotatable bonds is 0. The molecule has 5 heteroatoms. The normalized spacial score (nSPS) is 13.7. The van der Waals surface area contributed by atoms with Crippen molar-refractivity contribution in [3.8, 4) is 0 Å². The molecule has 1 aromatic heterocycles. The van der Waals surface area contributed by atoms with Crippen LogP contribution < -0.4 is 0 Å². The van der Waals surface area contributed by atoms with Crippen molar-refractivity contribution >= 4 is 40.8 Å². The summed E-state index contributed by atoms with van der Waals surface area (Å²) in [5.74, 6) is 1.82. The molecule has 0 bridgehead atoms. The van der Waals surface area contributed by atoms with E-state index in [4.69, 9.17) is 23.2 Å². The zero-order chi connectivity index (χ0) is 10.1. The van der Waals surface area contributed by atoms with Crippen molar-refractivity contribution in [3.05, 3.63) is 27.8 Å². The van der Waals surface area contributed by atoms with E-state index < -0.39 is 0 Å². The van der Waals surface area contributed by atoms with Crippen LogP contribution in [0.15, 0.2) is 6.08 Å². The van der Waals surface area contributed by atoms with Gasteiger partial charge in [0.25, 0.3) is 0 Å². The SMILES string of the molecule is O=C=C1CC=Cc2nc(Cl)c(Cl)nc21. The van der Waals surface area contributed by atoms with E-state index in [9.17, 15) is 4.79 Å². The van der Waals surface area contributed by atoms with Crippen LogP contribution in [0.2, 0.25) is 10.3 Å². The largest absolute Gasteiger partial charge is 0.233 e. The first-order chi connectivity index (χ1) is 6.72. The van der Waals surface area contributed by atoms with Crippen LogP contribution in [-0.2, 0) is 4.79 Å². The highest BCUT2D eigenvalue weighted by atomic mass is 35.5. The smallest absolute Gasteiger partial charge is 0.167 e. The molecule has 3 nitrogen and oxygen atoms in total. The van der Waals surface area contributed by atoms with Crippen LogP contribution in [0.25, 0.3) is 11.6 Å². The highest BCUT2D eigenvalue weighted by molar-refractivity contribution is 6.40. The predicted molar refractivity (Wildman–Crippen MR) is 54.8 cm³/mol. The molecule has 0 radical (unpaired) electrons. The van der Waals surface area contributed by atoms with E-state index in [0.29, 0.717) is 23.4 Å². The van der Waals surface area contributed by atoms with Crippen molar-refractivity contribution in [2.24, 2.45) is 0 Å². The van der Waals surface area contributed by atoms with Gasteiger partial charge in [0.1, 0.15) is 11.6 Å². The van der Waals surface area contributed by atoms with E-state index in [-0.39, 0.29) is 10.3 Å². The van der Waals surface area contributed by atoms with Gasteiger partial charge in [-0.25, -0.2) is 14.8 Å². The van der Waals surface area contributed by atoms with Crippen molar-refractivity contribution in [2.75, 3.05) is 0 Å². The van der Waals surface area contributed by atoms with Gasteiger partial charge >= 0.3 is 0 Å². The zero-order valence-corrected chi connectivity index (χ0v) is 8.43. The Morgan fingerprint density at radius 3 is 2.71 bits per heavy atom. The molecule has 0 amide bonds. The standard InChI is InChI=1S/C9H4Cl2N2O/c10-8-9(11)13-7-5(4-14)2-1-3-6(7)12-8/h1,3H,2H2. The minimum absolute atomic E-state index is 0.105. The minimum atomic E-state index is 0.105. The molecule has 0 atom stereocenters. The summed E-state index contributed by atoms with van der Waals surface area (Å²) in [6, 6.07) is 0. The number of aromatic nitrogens is 2. The van der Waals surface area contributed by atoms with E-state index in [1.54, 1.807) is 6.08 Å². The van der Waals surface area contributed by atoms with Gasteiger partial charge in [0.15, 0.2) is 10.3 Å². The molecule has 0 fully saturated rings. The Morgan fingerprint density at radius 2 is 2.00 bits per heavy atom. The van der Waals surface area contributed by atoms with Crippen LogP contribution in [0.3, 0.4) is 0 Å². The third-order valence-electron chi connectivity index (χ3n) is 1.85. The quantitative estimate of drug-likeness (QED) is 0.639. The summed E-state index contributed by atoms with van der Waals surface area (Å²) in [5.41, 5.74) is 1.48. The molecule has 70 valence electrons. The van der Waals surface area contributed by atoms with Gasteiger partial charge < -0.3 is 0 Å². The summed E-state index contributed by atoms with van der Waals surface area (Å²) in [4.78, 5) is 18.6. The molecule has 0 unspecified atom stereocenters. The van der Waals surface area contributed by atoms with E-state index >= 15 is 0 Å². The zero-order valence-electron chi connectivity index (χ0n) is 6.92. The second-order valence-electron chi connectivity index (χ2n) is 2.73. The van der Waals surface area contributed by atoms with E-state index in [0.717, 1.165) is 0 Å². The van der Waals surface area contributed by atoms with Gasteiger partial charge in [0.05, 0.1) is 11.3 Å². The van der Waals surface area contributed by atoms with Crippen molar-refractivity contribution in [1.29, 1.82) is 0 Å². The molecule has 0 aliphatic heterocycles. The summed E-state index contributed by atoms with van der Waals surface area (Å²) in [7, 11) is 0. The van der Waals surface area contributed by atoms with Crippen LogP contribution in [0.1, 0.15) is 17.8 Å². The summed E-state index contributed by atoms with van der Waals surface area (Å²) < 4.78 is 0. The third kappa shape index (κ3) is 1.46. The maximum atomic E-state index is 10.6. The molecule has 2 rings (SSSR count). The fraction of sp³-hybridized carbons (Fsp3) is 0.111. The summed E-state index contributed by atoms with van der Waals surface area (Å²) >= 11 is 11.4. The van der Waals surface area contributed by atoms with Crippen molar-refractivity contribution in [1.82, 2.24) is 9.97 Å². The summed E-state index contributed by atoms with van der Waals surface area (Å²) in [6.45, 7) is 0. The molecule has 1 aromatic rings. The molecular weight excluding hydrogens is 223 g/mol. The first-order valence-corrected chi connectivity index (χ1v) is 4.62. The highest BCUT2D eigenvalue weighted by Crippen LogP contribution is 2.28. The molecule has 14 heavy (non-hydrogen) atoms. The fourth-order valence-corrected chi connectivity index (χ4v) is 1.48. The third-order valence-corrected chi connectivity index (χ3v) is 2.47. The first kappa shape index (κ1) is 9.41. The van der Waals surface area contributed by atoms with Crippen LogP contribution in [0.5, 0.6) is 0 Å². The predicted octanol–water partition coefficient (Wildman–Crippen LogP) is 2.42. The average molecular weight is 227 g/mol. The van der Waals surface area contributed by atoms with Gasteiger partial charge in [-0.3, -0.25) is 0 Å². The molecule has 0 saturated carbocycles. The van der Waals surface area contributed by atoms with Gasteiger partial charge in [-0.15, -0.1) is 0 Å². The number of hydrogen-bond acceptors (Lipinski definition) is 3. The molecular formula is C9H4Cl2N2O. The Labute approximate surface area is 90.1 Å². The van der Waals surface area contributed by atoms with E-state index in [1.807, 2.05) is 12.0 Å². The number of halogens is 2. The lowest BCUT2D eigenvalue weighted by Gasteiger charge is -2.09.